The summed E-state index contributed by atoms with van der Waals surface area (Å²) >= 11 is 0. The van der Waals surface area contributed by atoms with E-state index in [1.165, 1.54) is 12.8 Å². The van der Waals surface area contributed by atoms with Gasteiger partial charge in [0.25, 0.3) is 5.91 Å². The lowest BCUT2D eigenvalue weighted by Crippen LogP contribution is -2.41. The standard InChI is InChI=1S/C27H35NO5/c1-4-32-24-14-12-20(16-26(24)33-17-18-9-10-18)27(29)28-22-8-6-5-7-21(22)19-11-13-23(30-2)25(15-19)31-3/h11-16,18,21-22H,4-10,17H2,1-3H3,(H,28,29)/t21-,22-/m1/s1. The molecule has 0 bridgehead atoms. The molecule has 4 rings (SSSR count). The first-order chi connectivity index (χ1) is 16.1. The van der Waals surface area contributed by atoms with Crippen LogP contribution in [-0.2, 0) is 0 Å². The number of ether oxygens (including phenoxy) is 4. The van der Waals surface area contributed by atoms with Crippen molar-refractivity contribution in [1.82, 2.24) is 5.32 Å². The number of hydrogen-bond donors (Lipinski definition) is 1. The molecule has 33 heavy (non-hydrogen) atoms. The van der Waals surface area contributed by atoms with Gasteiger partial charge in [-0.3, -0.25) is 4.79 Å². The fourth-order valence-electron chi connectivity index (χ4n) is 4.57. The van der Waals surface area contributed by atoms with Gasteiger partial charge in [0.2, 0.25) is 0 Å². The van der Waals surface area contributed by atoms with Crippen molar-refractivity contribution < 1.29 is 23.7 Å². The lowest BCUT2D eigenvalue weighted by Gasteiger charge is -2.33. The SMILES string of the molecule is CCOc1ccc(C(=O)N[C@@H]2CCCC[C@@H]2c2ccc(OC)c(OC)c2)cc1OCC1CC1. The molecule has 0 radical (unpaired) electrons. The van der Waals surface area contributed by atoms with E-state index in [2.05, 4.69) is 11.4 Å². The van der Waals surface area contributed by atoms with E-state index in [0.717, 1.165) is 37.0 Å². The van der Waals surface area contributed by atoms with Crippen molar-refractivity contribution in [2.24, 2.45) is 5.92 Å². The maximum atomic E-state index is 13.2. The third kappa shape index (κ3) is 5.73. The van der Waals surface area contributed by atoms with Gasteiger partial charge >= 0.3 is 0 Å². The molecule has 0 heterocycles. The van der Waals surface area contributed by atoms with Crippen molar-refractivity contribution >= 4 is 5.91 Å². The summed E-state index contributed by atoms with van der Waals surface area (Å²) in [5.74, 6) is 3.55. The van der Waals surface area contributed by atoms with E-state index in [-0.39, 0.29) is 17.9 Å². The minimum Gasteiger partial charge on any atom is -0.493 e. The molecule has 0 saturated heterocycles. The highest BCUT2D eigenvalue weighted by molar-refractivity contribution is 5.95. The summed E-state index contributed by atoms with van der Waals surface area (Å²) in [7, 11) is 3.29. The number of carbonyl (C=O) groups excluding carboxylic acids is 1. The third-order valence-corrected chi connectivity index (χ3v) is 6.60. The smallest absolute Gasteiger partial charge is 0.251 e. The second-order valence-electron chi connectivity index (χ2n) is 8.93. The first-order valence-corrected chi connectivity index (χ1v) is 12.0. The largest absolute Gasteiger partial charge is 0.493 e. The van der Waals surface area contributed by atoms with Crippen molar-refractivity contribution in [3.8, 4) is 23.0 Å². The topological polar surface area (TPSA) is 66.0 Å². The van der Waals surface area contributed by atoms with Gasteiger partial charge in [0.15, 0.2) is 23.0 Å². The first-order valence-electron chi connectivity index (χ1n) is 12.0. The number of methoxy groups -OCH3 is 2. The van der Waals surface area contributed by atoms with Crippen LogP contribution in [0.1, 0.15) is 67.3 Å². The Bertz CT molecular complexity index is 956. The van der Waals surface area contributed by atoms with Crippen LogP contribution in [-0.4, -0.2) is 39.4 Å². The number of nitrogens with one attached hydrogen (secondary N) is 1. The molecule has 2 fully saturated rings. The molecule has 2 aromatic carbocycles. The van der Waals surface area contributed by atoms with Gasteiger partial charge in [0.05, 0.1) is 27.4 Å². The summed E-state index contributed by atoms with van der Waals surface area (Å²) in [6.45, 7) is 3.18. The second-order valence-corrected chi connectivity index (χ2v) is 8.93. The Kier molecular flexibility index (Phi) is 7.63. The summed E-state index contributed by atoms with van der Waals surface area (Å²) < 4.78 is 22.6. The summed E-state index contributed by atoms with van der Waals surface area (Å²) in [5, 5.41) is 3.30. The molecular weight excluding hydrogens is 418 g/mol. The van der Waals surface area contributed by atoms with Crippen molar-refractivity contribution in [3.05, 3.63) is 47.5 Å². The van der Waals surface area contributed by atoms with Crippen LogP contribution in [0.3, 0.4) is 0 Å². The summed E-state index contributed by atoms with van der Waals surface area (Å²) in [6, 6.07) is 11.6. The number of rotatable bonds is 10. The molecule has 2 aliphatic carbocycles. The zero-order valence-corrected chi connectivity index (χ0v) is 19.9. The van der Waals surface area contributed by atoms with Crippen molar-refractivity contribution in [3.63, 3.8) is 0 Å². The molecule has 0 spiro atoms. The highest BCUT2D eigenvalue weighted by atomic mass is 16.5. The molecule has 1 N–H and O–H groups in total. The Labute approximate surface area is 196 Å². The highest BCUT2D eigenvalue weighted by Gasteiger charge is 2.29. The lowest BCUT2D eigenvalue weighted by molar-refractivity contribution is 0.0920. The Hall–Kier alpha value is -2.89. The van der Waals surface area contributed by atoms with Gasteiger partial charge in [-0.25, -0.2) is 0 Å². The van der Waals surface area contributed by atoms with Crippen molar-refractivity contribution in [1.29, 1.82) is 0 Å². The van der Waals surface area contributed by atoms with Gasteiger partial charge in [-0.2, -0.15) is 0 Å². The molecule has 0 aromatic heterocycles. The van der Waals surface area contributed by atoms with Gasteiger partial charge in [0.1, 0.15) is 0 Å². The Morgan fingerprint density at radius 1 is 0.879 bits per heavy atom. The summed E-state index contributed by atoms with van der Waals surface area (Å²) in [4.78, 5) is 13.2. The average molecular weight is 454 g/mol. The summed E-state index contributed by atoms with van der Waals surface area (Å²) in [5.41, 5.74) is 1.76. The maximum absolute atomic E-state index is 13.2. The van der Waals surface area contributed by atoms with Crippen LogP contribution in [0.25, 0.3) is 0 Å². The predicted molar refractivity (Wildman–Crippen MR) is 128 cm³/mol. The molecule has 178 valence electrons. The highest BCUT2D eigenvalue weighted by Crippen LogP contribution is 2.38. The number of benzene rings is 2. The molecule has 0 aliphatic heterocycles. The van der Waals surface area contributed by atoms with E-state index >= 15 is 0 Å². The number of carbonyl (C=O) groups is 1. The predicted octanol–water partition coefficient (Wildman–Crippen LogP) is 5.35. The van der Waals surface area contributed by atoms with Crippen LogP contribution in [0.4, 0.5) is 0 Å². The molecule has 6 heteroatoms. The van der Waals surface area contributed by atoms with Crippen LogP contribution < -0.4 is 24.3 Å². The fourth-order valence-corrected chi connectivity index (χ4v) is 4.57. The third-order valence-electron chi connectivity index (χ3n) is 6.60. The van der Waals surface area contributed by atoms with Crippen LogP contribution in [0.2, 0.25) is 0 Å². The van der Waals surface area contributed by atoms with Gasteiger partial charge in [-0.05, 0) is 74.4 Å². The molecule has 2 saturated carbocycles. The van der Waals surface area contributed by atoms with Crippen LogP contribution in [0.5, 0.6) is 23.0 Å². The Morgan fingerprint density at radius 2 is 1.64 bits per heavy atom. The van der Waals surface area contributed by atoms with Gasteiger partial charge in [-0.1, -0.05) is 18.9 Å². The maximum Gasteiger partial charge on any atom is 0.251 e. The van der Waals surface area contributed by atoms with Gasteiger partial charge in [-0.15, -0.1) is 0 Å². The van der Waals surface area contributed by atoms with Gasteiger partial charge in [0, 0.05) is 17.5 Å². The normalized spacial score (nSPS) is 20.1. The lowest BCUT2D eigenvalue weighted by atomic mass is 9.79. The van der Waals surface area contributed by atoms with Crippen LogP contribution in [0.15, 0.2) is 36.4 Å². The molecule has 1 amide bonds. The Balaban J connectivity index is 1.50. The average Bonchev–Trinajstić information content (AvgIpc) is 3.68. The summed E-state index contributed by atoms with van der Waals surface area (Å²) in [6.07, 6.45) is 6.65. The zero-order valence-electron chi connectivity index (χ0n) is 19.9. The minimum atomic E-state index is -0.0771. The van der Waals surface area contributed by atoms with Crippen LogP contribution in [0, 0.1) is 5.92 Å². The van der Waals surface area contributed by atoms with E-state index < -0.39 is 0 Å². The quantitative estimate of drug-likeness (QED) is 0.525. The molecule has 0 unspecified atom stereocenters. The second kappa shape index (κ2) is 10.8. The zero-order chi connectivity index (χ0) is 23.2. The van der Waals surface area contributed by atoms with E-state index in [0.29, 0.717) is 41.9 Å². The van der Waals surface area contributed by atoms with Crippen molar-refractivity contribution in [2.75, 3.05) is 27.4 Å². The van der Waals surface area contributed by atoms with E-state index in [1.807, 2.05) is 37.3 Å². The molecule has 2 aliphatic rings. The van der Waals surface area contributed by atoms with E-state index in [9.17, 15) is 4.79 Å². The Morgan fingerprint density at radius 3 is 2.36 bits per heavy atom. The monoisotopic (exact) mass is 453 g/mol. The number of hydrogen-bond acceptors (Lipinski definition) is 5. The molecular formula is C27H35NO5. The van der Waals surface area contributed by atoms with Crippen molar-refractivity contribution in [2.45, 2.75) is 57.4 Å². The van der Waals surface area contributed by atoms with Gasteiger partial charge < -0.3 is 24.3 Å². The molecule has 2 aromatic rings. The molecule has 6 nitrogen and oxygen atoms in total. The number of amides is 1. The van der Waals surface area contributed by atoms with E-state index in [1.54, 1.807) is 14.2 Å². The fraction of sp³-hybridized carbons (Fsp3) is 0.519. The van der Waals surface area contributed by atoms with E-state index in [4.69, 9.17) is 18.9 Å². The first kappa shape index (κ1) is 23.3. The van der Waals surface area contributed by atoms with Crippen LogP contribution >= 0.6 is 0 Å². The molecule has 2 atom stereocenters. The minimum absolute atomic E-state index is 0.0618.